The molecule has 0 atom stereocenters. The van der Waals surface area contributed by atoms with Crippen molar-refractivity contribution in [3.05, 3.63) is 77.8 Å². The minimum Gasteiger partial charge on any atom is -0.419 e. The second-order valence-corrected chi connectivity index (χ2v) is 6.37. The molecule has 134 valence electrons. The fourth-order valence-corrected chi connectivity index (χ4v) is 2.94. The van der Waals surface area contributed by atoms with E-state index in [-0.39, 0.29) is 12.5 Å². The van der Waals surface area contributed by atoms with Crippen LogP contribution in [0.3, 0.4) is 0 Å². The minimum absolute atomic E-state index is 0.191. The molecular weight excluding hydrogens is 340 g/mol. The molecule has 0 spiro atoms. The molecule has 0 radical (unpaired) electrons. The Kier molecular flexibility index (Phi) is 4.38. The zero-order chi connectivity index (χ0) is 18.8. The number of fused-ring (bicyclic) bond motifs is 1. The van der Waals surface area contributed by atoms with Gasteiger partial charge in [0, 0.05) is 18.0 Å². The molecule has 1 amide bonds. The summed E-state index contributed by atoms with van der Waals surface area (Å²) < 4.78 is 5.68. The predicted octanol–water partition coefficient (Wildman–Crippen LogP) is 3.87. The third-order valence-electron chi connectivity index (χ3n) is 4.35. The first-order valence-electron chi connectivity index (χ1n) is 8.61. The first-order valence-corrected chi connectivity index (χ1v) is 8.61. The molecule has 0 saturated heterocycles. The number of para-hydroxylation sites is 1. The Balaban J connectivity index is 1.54. The number of aromatic nitrogens is 3. The van der Waals surface area contributed by atoms with Gasteiger partial charge in [-0.2, -0.15) is 0 Å². The quantitative estimate of drug-likeness (QED) is 0.554. The van der Waals surface area contributed by atoms with Crippen molar-refractivity contribution in [2.45, 2.75) is 13.5 Å². The van der Waals surface area contributed by atoms with Gasteiger partial charge in [0.05, 0.1) is 12.1 Å². The standard InChI is InChI=1S/C21H18N4O2/c1-14-12-18(22-17-11-7-6-10-16(14)17)21(26)25(2)13-19-23-24-20(27-19)15-8-4-3-5-9-15/h3-12H,13H2,1-2H3. The van der Waals surface area contributed by atoms with Gasteiger partial charge in [-0.1, -0.05) is 36.4 Å². The molecule has 0 saturated carbocycles. The third-order valence-corrected chi connectivity index (χ3v) is 4.35. The van der Waals surface area contributed by atoms with E-state index in [1.54, 1.807) is 7.05 Å². The molecule has 4 rings (SSSR count). The lowest BCUT2D eigenvalue weighted by Crippen LogP contribution is -2.27. The second kappa shape index (κ2) is 6.99. The van der Waals surface area contributed by atoms with Crippen molar-refractivity contribution in [3.8, 4) is 11.5 Å². The van der Waals surface area contributed by atoms with Crippen LogP contribution >= 0.6 is 0 Å². The number of pyridine rings is 1. The number of benzene rings is 2. The largest absolute Gasteiger partial charge is 0.419 e. The number of rotatable bonds is 4. The second-order valence-electron chi connectivity index (χ2n) is 6.37. The Morgan fingerprint density at radius 3 is 2.59 bits per heavy atom. The number of hydrogen-bond acceptors (Lipinski definition) is 5. The molecule has 0 fully saturated rings. The van der Waals surface area contributed by atoms with Gasteiger partial charge in [0.2, 0.25) is 11.8 Å². The van der Waals surface area contributed by atoms with E-state index in [1.807, 2.05) is 67.6 Å². The monoisotopic (exact) mass is 358 g/mol. The third kappa shape index (κ3) is 3.42. The molecular formula is C21H18N4O2. The van der Waals surface area contributed by atoms with Gasteiger partial charge in [0.25, 0.3) is 5.91 Å². The number of carbonyl (C=O) groups is 1. The summed E-state index contributed by atoms with van der Waals surface area (Å²) in [4.78, 5) is 18.8. The summed E-state index contributed by atoms with van der Waals surface area (Å²) in [6.07, 6.45) is 0. The van der Waals surface area contributed by atoms with E-state index in [9.17, 15) is 4.79 Å². The summed E-state index contributed by atoms with van der Waals surface area (Å²) >= 11 is 0. The summed E-state index contributed by atoms with van der Waals surface area (Å²) in [6, 6.07) is 19.1. The molecule has 4 aromatic rings. The highest BCUT2D eigenvalue weighted by molar-refractivity contribution is 5.95. The summed E-state index contributed by atoms with van der Waals surface area (Å²) in [5.74, 6) is 0.622. The van der Waals surface area contributed by atoms with E-state index in [2.05, 4.69) is 15.2 Å². The molecule has 0 aliphatic carbocycles. The molecule has 0 aliphatic heterocycles. The number of nitrogens with zero attached hydrogens (tertiary/aromatic N) is 4. The average molecular weight is 358 g/mol. The van der Waals surface area contributed by atoms with Crippen LogP contribution in [0.4, 0.5) is 0 Å². The van der Waals surface area contributed by atoms with Crippen LogP contribution in [-0.4, -0.2) is 33.0 Å². The first kappa shape index (κ1) is 16.9. The zero-order valence-electron chi connectivity index (χ0n) is 15.1. The lowest BCUT2D eigenvalue weighted by atomic mass is 10.1. The fraction of sp³-hybridized carbons (Fsp3) is 0.143. The van der Waals surface area contributed by atoms with Crippen LogP contribution in [-0.2, 0) is 6.54 Å². The molecule has 0 bridgehead atoms. The van der Waals surface area contributed by atoms with Gasteiger partial charge in [0.1, 0.15) is 5.69 Å². The maximum Gasteiger partial charge on any atom is 0.272 e. The highest BCUT2D eigenvalue weighted by Gasteiger charge is 2.18. The van der Waals surface area contributed by atoms with Crippen molar-refractivity contribution < 1.29 is 9.21 Å². The molecule has 27 heavy (non-hydrogen) atoms. The maximum atomic E-state index is 12.8. The van der Waals surface area contributed by atoms with Crippen LogP contribution in [0.15, 0.2) is 65.1 Å². The Morgan fingerprint density at radius 1 is 1.04 bits per heavy atom. The zero-order valence-corrected chi connectivity index (χ0v) is 15.1. The number of carbonyl (C=O) groups excluding carboxylic acids is 1. The van der Waals surface area contributed by atoms with E-state index in [0.29, 0.717) is 17.5 Å². The Labute approximate surface area is 156 Å². The van der Waals surface area contributed by atoms with Crippen LogP contribution in [0.5, 0.6) is 0 Å². The molecule has 6 heteroatoms. The topological polar surface area (TPSA) is 72.1 Å². The average Bonchev–Trinajstić information content (AvgIpc) is 3.16. The highest BCUT2D eigenvalue weighted by atomic mass is 16.4. The van der Waals surface area contributed by atoms with Crippen molar-refractivity contribution in [2.24, 2.45) is 0 Å². The van der Waals surface area contributed by atoms with Gasteiger partial charge in [-0.15, -0.1) is 10.2 Å². The molecule has 2 aromatic carbocycles. The van der Waals surface area contributed by atoms with E-state index in [0.717, 1.165) is 22.0 Å². The minimum atomic E-state index is -0.191. The van der Waals surface area contributed by atoms with E-state index in [1.165, 1.54) is 4.90 Å². The van der Waals surface area contributed by atoms with Crippen LogP contribution in [0.25, 0.3) is 22.4 Å². The smallest absolute Gasteiger partial charge is 0.272 e. The fourth-order valence-electron chi connectivity index (χ4n) is 2.94. The van der Waals surface area contributed by atoms with Gasteiger partial charge in [-0.3, -0.25) is 4.79 Å². The number of amides is 1. The summed E-state index contributed by atoms with van der Waals surface area (Å²) in [7, 11) is 1.70. The van der Waals surface area contributed by atoms with Crippen LogP contribution in [0.1, 0.15) is 21.9 Å². The van der Waals surface area contributed by atoms with E-state index < -0.39 is 0 Å². The van der Waals surface area contributed by atoms with Crippen LogP contribution < -0.4 is 0 Å². The first-order chi connectivity index (χ1) is 13.1. The van der Waals surface area contributed by atoms with E-state index >= 15 is 0 Å². The Hall–Kier alpha value is -3.54. The summed E-state index contributed by atoms with van der Waals surface area (Å²) in [5, 5.41) is 9.14. The van der Waals surface area contributed by atoms with Crippen molar-refractivity contribution >= 4 is 16.8 Å². The molecule has 0 unspecified atom stereocenters. The van der Waals surface area contributed by atoms with Gasteiger partial charge in [-0.05, 0) is 36.8 Å². The number of hydrogen-bond donors (Lipinski definition) is 0. The normalized spacial score (nSPS) is 10.9. The molecule has 0 N–H and O–H groups in total. The maximum absolute atomic E-state index is 12.8. The molecule has 6 nitrogen and oxygen atoms in total. The van der Waals surface area contributed by atoms with Crippen LogP contribution in [0, 0.1) is 6.92 Å². The van der Waals surface area contributed by atoms with Crippen LogP contribution in [0.2, 0.25) is 0 Å². The lowest BCUT2D eigenvalue weighted by Gasteiger charge is -2.15. The van der Waals surface area contributed by atoms with Gasteiger partial charge >= 0.3 is 0 Å². The van der Waals surface area contributed by atoms with Gasteiger partial charge < -0.3 is 9.32 Å². The Bertz CT molecular complexity index is 1110. The van der Waals surface area contributed by atoms with Crippen molar-refractivity contribution in [3.63, 3.8) is 0 Å². The van der Waals surface area contributed by atoms with Crippen molar-refractivity contribution in [1.29, 1.82) is 0 Å². The molecule has 2 aromatic heterocycles. The molecule has 2 heterocycles. The van der Waals surface area contributed by atoms with Gasteiger partial charge in [0.15, 0.2) is 0 Å². The van der Waals surface area contributed by atoms with Gasteiger partial charge in [-0.25, -0.2) is 4.98 Å². The SMILES string of the molecule is Cc1cc(C(=O)N(C)Cc2nnc(-c3ccccc3)o2)nc2ccccc12. The summed E-state index contributed by atoms with van der Waals surface area (Å²) in [5.41, 5.74) is 3.06. The van der Waals surface area contributed by atoms with E-state index in [4.69, 9.17) is 4.42 Å². The highest BCUT2D eigenvalue weighted by Crippen LogP contribution is 2.20. The predicted molar refractivity (Wildman–Crippen MR) is 102 cm³/mol. The number of aryl methyl sites for hydroxylation is 1. The lowest BCUT2D eigenvalue weighted by molar-refractivity contribution is 0.0767. The Morgan fingerprint density at radius 2 is 1.78 bits per heavy atom. The van der Waals surface area contributed by atoms with Crippen molar-refractivity contribution in [2.75, 3.05) is 7.05 Å². The summed E-state index contributed by atoms with van der Waals surface area (Å²) in [6.45, 7) is 2.19. The van der Waals surface area contributed by atoms with Crippen molar-refractivity contribution in [1.82, 2.24) is 20.1 Å². The molecule has 0 aliphatic rings.